The zero-order chi connectivity index (χ0) is 19.2. The first-order valence-corrected chi connectivity index (χ1v) is 9.75. The molecule has 2 amide bonds. The van der Waals surface area contributed by atoms with Crippen LogP contribution < -0.4 is 16.4 Å². The average molecular weight is 425 g/mol. The van der Waals surface area contributed by atoms with Crippen LogP contribution in [-0.2, 0) is 16.6 Å². The van der Waals surface area contributed by atoms with E-state index >= 15 is 0 Å². The number of rotatable bonds is 7. The molecule has 152 valence electrons. The van der Waals surface area contributed by atoms with E-state index < -0.39 is 0 Å². The topological polar surface area (TPSA) is 105 Å². The first-order valence-electron chi connectivity index (χ1n) is 8.76. The fraction of sp³-hybridized carbons (Fsp3) is 0.389. The number of halogens is 1. The number of amides is 2. The fourth-order valence-electron chi connectivity index (χ4n) is 3.11. The lowest BCUT2D eigenvalue weighted by molar-refractivity contribution is -0.118. The summed E-state index contributed by atoms with van der Waals surface area (Å²) >= 11 is 1.32. The normalized spacial score (nSPS) is 17.0. The SMILES string of the molecule is Cl.Cn1ccnc1C1CNCCN1CC(=O)Nc1ccccc1SCC(N)=O. The third kappa shape index (κ3) is 5.71. The Hall–Kier alpha value is -2.07. The Morgan fingerprint density at radius 1 is 1.39 bits per heavy atom. The molecule has 0 saturated carbocycles. The Morgan fingerprint density at radius 3 is 2.89 bits per heavy atom. The van der Waals surface area contributed by atoms with Crippen LogP contribution in [0.1, 0.15) is 11.9 Å². The van der Waals surface area contributed by atoms with Crippen molar-refractivity contribution in [2.45, 2.75) is 10.9 Å². The minimum absolute atomic E-state index is 0. The van der Waals surface area contributed by atoms with Gasteiger partial charge in [-0.25, -0.2) is 4.98 Å². The van der Waals surface area contributed by atoms with Gasteiger partial charge < -0.3 is 20.9 Å². The van der Waals surface area contributed by atoms with Crippen LogP contribution in [0.4, 0.5) is 5.69 Å². The number of nitrogens with zero attached hydrogens (tertiary/aromatic N) is 3. The second-order valence-electron chi connectivity index (χ2n) is 6.39. The number of piperazine rings is 1. The molecule has 1 atom stereocenters. The minimum atomic E-state index is -0.389. The molecule has 0 radical (unpaired) electrons. The third-order valence-electron chi connectivity index (χ3n) is 4.39. The van der Waals surface area contributed by atoms with Gasteiger partial charge in [0.25, 0.3) is 0 Å². The van der Waals surface area contributed by atoms with Crippen LogP contribution in [0.2, 0.25) is 0 Å². The molecule has 1 aliphatic rings. The highest BCUT2D eigenvalue weighted by atomic mass is 35.5. The van der Waals surface area contributed by atoms with E-state index in [1.54, 1.807) is 6.20 Å². The van der Waals surface area contributed by atoms with Crippen molar-refractivity contribution < 1.29 is 9.59 Å². The molecule has 1 fully saturated rings. The van der Waals surface area contributed by atoms with Crippen molar-refractivity contribution in [3.8, 4) is 0 Å². The zero-order valence-electron chi connectivity index (χ0n) is 15.6. The standard InChI is InChI=1S/C18H24N6O2S.ClH/c1-23-8-7-21-18(23)14-10-20-6-9-24(14)11-17(26)22-13-4-2-3-5-15(13)27-12-16(19)25;/h2-5,7-8,14,20H,6,9-12H2,1H3,(H2,19,25)(H,22,26);1H. The number of hydrogen-bond donors (Lipinski definition) is 3. The Morgan fingerprint density at radius 2 is 2.18 bits per heavy atom. The number of aromatic nitrogens is 2. The summed E-state index contributed by atoms with van der Waals surface area (Å²) in [4.78, 5) is 31.1. The monoisotopic (exact) mass is 424 g/mol. The molecule has 1 unspecified atom stereocenters. The van der Waals surface area contributed by atoms with E-state index in [-0.39, 0.29) is 42.6 Å². The van der Waals surface area contributed by atoms with Crippen molar-refractivity contribution in [2.24, 2.45) is 12.8 Å². The number of nitrogens with one attached hydrogen (secondary N) is 2. The van der Waals surface area contributed by atoms with Crippen molar-refractivity contribution in [1.29, 1.82) is 0 Å². The number of benzene rings is 1. The van der Waals surface area contributed by atoms with E-state index in [0.717, 1.165) is 30.4 Å². The molecule has 3 rings (SSSR count). The molecule has 1 aromatic heterocycles. The molecule has 4 N–H and O–H groups in total. The predicted molar refractivity (Wildman–Crippen MR) is 113 cm³/mol. The number of nitrogens with two attached hydrogens (primary N) is 1. The van der Waals surface area contributed by atoms with Crippen LogP contribution in [0, 0.1) is 0 Å². The number of para-hydroxylation sites is 1. The first-order chi connectivity index (χ1) is 13.0. The summed E-state index contributed by atoms with van der Waals surface area (Å²) in [5.41, 5.74) is 5.91. The Bertz CT molecular complexity index is 815. The maximum atomic E-state index is 12.7. The van der Waals surface area contributed by atoms with Crippen molar-refractivity contribution in [2.75, 3.05) is 37.2 Å². The maximum Gasteiger partial charge on any atom is 0.238 e. The summed E-state index contributed by atoms with van der Waals surface area (Å²) in [6.45, 7) is 2.62. The van der Waals surface area contributed by atoms with Crippen LogP contribution in [0.15, 0.2) is 41.6 Å². The lowest BCUT2D eigenvalue weighted by Gasteiger charge is -2.35. The van der Waals surface area contributed by atoms with Gasteiger partial charge in [-0.1, -0.05) is 12.1 Å². The van der Waals surface area contributed by atoms with Crippen LogP contribution in [-0.4, -0.2) is 58.2 Å². The lowest BCUT2D eigenvalue weighted by atomic mass is 10.1. The molecule has 10 heteroatoms. The third-order valence-corrected chi connectivity index (χ3v) is 5.48. The predicted octanol–water partition coefficient (Wildman–Crippen LogP) is 1.00. The second kappa shape index (κ2) is 10.5. The Balaban J connectivity index is 0.00000280. The van der Waals surface area contributed by atoms with Crippen LogP contribution >= 0.6 is 24.2 Å². The maximum absolute atomic E-state index is 12.7. The van der Waals surface area contributed by atoms with Gasteiger partial charge in [0.05, 0.1) is 24.0 Å². The summed E-state index contributed by atoms with van der Waals surface area (Å²) in [6, 6.07) is 7.46. The van der Waals surface area contributed by atoms with Gasteiger partial charge in [-0.2, -0.15) is 0 Å². The van der Waals surface area contributed by atoms with Gasteiger partial charge in [-0.3, -0.25) is 14.5 Å². The van der Waals surface area contributed by atoms with Crippen LogP contribution in [0.25, 0.3) is 0 Å². The Kier molecular flexibility index (Phi) is 8.31. The molecule has 2 heterocycles. The number of carbonyl (C=O) groups excluding carboxylic acids is 2. The van der Waals surface area contributed by atoms with Crippen molar-refractivity contribution in [1.82, 2.24) is 19.8 Å². The van der Waals surface area contributed by atoms with E-state index in [4.69, 9.17) is 5.73 Å². The van der Waals surface area contributed by atoms with Crippen LogP contribution in [0.3, 0.4) is 0 Å². The largest absolute Gasteiger partial charge is 0.369 e. The minimum Gasteiger partial charge on any atom is -0.369 e. The van der Waals surface area contributed by atoms with E-state index in [1.807, 2.05) is 42.1 Å². The number of thioether (sulfide) groups is 1. The molecular weight excluding hydrogens is 400 g/mol. The van der Waals surface area contributed by atoms with Gasteiger partial charge in [0.2, 0.25) is 11.8 Å². The zero-order valence-corrected chi connectivity index (χ0v) is 17.3. The van der Waals surface area contributed by atoms with Gasteiger partial charge in [-0.05, 0) is 12.1 Å². The second-order valence-corrected chi connectivity index (χ2v) is 7.40. The van der Waals surface area contributed by atoms with Crippen molar-refractivity contribution >= 4 is 41.7 Å². The highest BCUT2D eigenvalue weighted by Gasteiger charge is 2.28. The molecule has 0 spiro atoms. The summed E-state index contributed by atoms with van der Waals surface area (Å²) in [5.74, 6) is 0.627. The van der Waals surface area contributed by atoms with Gasteiger partial charge >= 0.3 is 0 Å². The highest BCUT2D eigenvalue weighted by molar-refractivity contribution is 8.00. The number of carbonyl (C=O) groups is 2. The molecule has 8 nitrogen and oxygen atoms in total. The van der Waals surface area contributed by atoms with E-state index in [2.05, 4.69) is 20.5 Å². The highest BCUT2D eigenvalue weighted by Crippen LogP contribution is 2.27. The van der Waals surface area contributed by atoms with Gasteiger partial charge in [0, 0.05) is 44.0 Å². The molecular formula is C18H25ClN6O2S. The summed E-state index contributed by atoms with van der Waals surface area (Å²) in [6.07, 6.45) is 3.68. The van der Waals surface area contributed by atoms with Crippen LogP contribution in [0.5, 0.6) is 0 Å². The Labute approximate surface area is 174 Å². The average Bonchev–Trinajstić information content (AvgIpc) is 3.07. The quantitative estimate of drug-likeness (QED) is 0.573. The molecule has 28 heavy (non-hydrogen) atoms. The van der Waals surface area contributed by atoms with E-state index in [1.165, 1.54) is 11.8 Å². The number of imidazole rings is 1. The molecule has 2 aromatic rings. The van der Waals surface area contributed by atoms with Gasteiger partial charge in [0.1, 0.15) is 5.82 Å². The van der Waals surface area contributed by atoms with E-state index in [0.29, 0.717) is 5.69 Å². The fourth-order valence-corrected chi connectivity index (χ4v) is 3.85. The lowest BCUT2D eigenvalue weighted by Crippen LogP contribution is -2.49. The van der Waals surface area contributed by atoms with Gasteiger partial charge in [0.15, 0.2) is 0 Å². The molecule has 1 aromatic carbocycles. The summed E-state index contributed by atoms with van der Waals surface area (Å²) < 4.78 is 1.98. The summed E-state index contributed by atoms with van der Waals surface area (Å²) in [5, 5.41) is 6.33. The first kappa shape index (κ1) is 22.2. The number of anilines is 1. The number of hydrogen-bond acceptors (Lipinski definition) is 6. The molecule has 1 saturated heterocycles. The molecule has 1 aliphatic heterocycles. The molecule has 0 bridgehead atoms. The smallest absolute Gasteiger partial charge is 0.238 e. The van der Waals surface area contributed by atoms with Gasteiger partial charge in [-0.15, -0.1) is 24.2 Å². The van der Waals surface area contributed by atoms with Crippen molar-refractivity contribution in [3.05, 3.63) is 42.5 Å². The molecule has 0 aliphatic carbocycles. The summed E-state index contributed by atoms with van der Waals surface area (Å²) in [7, 11) is 1.96. The van der Waals surface area contributed by atoms with E-state index in [9.17, 15) is 9.59 Å². The number of primary amides is 1. The number of aryl methyl sites for hydroxylation is 1. The van der Waals surface area contributed by atoms with Crippen molar-refractivity contribution in [3.63, 3.8) is 0 Å².